The lowest BCUT2D eigenvalue weighted by Crippen LogP contribution is -2.25. The van der Waals surface area contributed by atoms with Crippen LogP contribution in [0.2, 0.25) is 0 Å². The van der Waals surface area contributed by atoms with Gasteiger partial charge in [0, 0.05) is 6.54 Å². The second-order valence-electron chi connectivity index (χ2n) is 5.84. The zero-order valence-electron chi connectivity index (χ0n) is 12.9. The summed E-state index contributed by atoms with van der Waals surface area (Å²) in [7, 11) is 0. The molecule has 0 amide bonds. The first-order chi connectivity index (χ1) is 9.19. The normalized spacial score (nSPS) is 25.2. The molecule has 1 aliphatic carbocycles. The molecule has 0 saturated carbocycles. The van der Waals surface area contributed by atoms with E-state index >= 15 is 0 Å². The number of dihydropyridines is 1. The van der Waals surface area contributed by atoms with Crippen molar-refractivity contribution in [3.05, 3.63) is 34.9 Å². The van der Waals surface area contributed by atoms with Gasteiger partial charge >= 0.3 is 0 Å². The van der Waals surface area contributed by atoms with Crippen LogP contribution in [-0.4, -0.2) is 12.3 Å². The van der Waals surface area contributed by atoms with Crippen LogP contribution in [0.4, 0.5) is 0 Å². The minimum Gasteiger partial charge on any atom is -0.284 e. The quantitative estimate of drug-likeness (QED) is 0.664. The van der Waals surface area contributed by atoms with E-state index < -0.39 is 0 Å². The van der Waals surface area contributed by atoms with Gasteiger partial charge in [0.15, 0.2) is 0 Å². The Hall–Kier alpha value is -1.11. The van der Waals surface area contributed by atoms with Gasteiger partial charge in [-0.3, -0.25) is 4.99 Å². The Balaban J connectivity index is 2.51. The van der Waals surface area contributed by atoms with Gasteiger partial charge < -0.3 is 0 Å². The molecule has 0 bridgehead atoms. The molecule has 2 unspecified atom stereocenters. The number of rotatable bonds is 4. The third kappa shape index (κ3) is 2.91. The summed E-state index contributed by atoms with van der Waals surface area (Å²) in [6, 6.07) is 0. The molecule has 19 heavy (non-hydrogen) atoms. The highest BCUT2D eigenvalue weighted by Gasteiger charge is 2.29. The maximum absolute atomic E-state index is 4.85. The number of allylic oxidation sites excluding steroid dienone is 5. The Kier molecular flexibility index (Phi) is 4.79. The largest absolute Gasteiger partial charge is 0.284 e. The van der Waals surface area contributed by atoms with E-state index in [1.165, 1.54) is 35.3 Å². The van der Waals surface area contributed by atoms with Crippen molar-refractivity contribution in [1.82, 2.24) is 0 Å². The number of hydrogen-bond acceptors (Lipinski definition) is 1. The van der Waals surface area contributed by atoms with Crippen LogP contribution in [0.1, 0.15) is 53.4 Å². The topological polar surface area (TPSA) is 12.4 Å². The fourth-order valence-electron chi connectivity index (χ4n) is 3.11. The van der Waals surface area contributed by atoms with Crippen LogP contribution in [0.25, 0.3) is 0 Å². The van der Waals surface area contributed by atoms with Crippen molar-refractivity contribution < 1.29 is 0 Å². The van der Waals surface area contributed by atoms with Crippen LogP contribution in [0.5, 0.6) is 0 Å². The van der Waals surface area contributed by atoms with E-state index in [1.54, 1.807) is 0 Å². The van der Waals surface area contributed by atoms with Gasteiger partial charge in [0.05, 0.1) is 5.71 Å². The Morgan fingerprint density at radius 3 is 2.89 bits per heavy atom. The minimum absolute atomic E-state index is 0.611. The van der Waals surface area contributed by atoms with Crippen molar-refractivity contribution in [2.45, 2.75) is 53.4 Å². The third-order valence-electron chi connectivity index (χ3n) is 4.36. The lowest BCUT2D eigenvalue weighted by Gasteiger charge is -2.32. The molecule has 2 rings (SSSR count). The van der Waals surface area contributed by atoms with Crippen LogP contribution in [0, 0.1) is 11.8 Å². The summed E-state index contributed by atoms with van der Waals surface area (Å²) in [5.41, 5.74) is 5.89. The predicted octanol–water partition coefficient (Wildman–Crippen LogP) is 5.11. The van der Waals surface area contributed by atoms with Crippen LogP contribution >= 0.6 is 0 Å². The molecule has 1 aliphatic heterocycles. The van der Waals surface area contributed by atoms with Gasteiger partial charge in [-0.15, -0.1) is 0 Å². The van der Waals surface area contributed by atoms with Gasteiger partial charge in [-0.2, -0.15) is 0 Å². The van der Waals surface area contributed by atoms with Crippen LogP contribution in [0.15, 0.2) is 39.9 Å². The van der Waals surface area contributed by atoms with E-state index in [2.05, 4.69) is 45.9 Å². The van der Waals surface area contributed by atoms with E-state index in [-0.39, 0.29) is 0 Å². The molecule has 1 heterocycles. The van der Waals surface area contributed by atoms with Gasteiger partial charge in [-0.1, -0.05) is 45.9 Å². The highest BCUT2D eigenvalue weighted by molar-refractivity contribution is 6.14. The number of nitrogens with zero attached hydrogens (tertiary/aromatic N) is 1. The number of fused-ring (bicyclic) bond motifs is 1. The number of hydrogen-bond donors (Lipinski definition) is 0. The molecule has 2 aliphatic rings. The summed E-state index contributed by atoms with van der Waals surface area (Å²) in [5, 5.41) is 0. The molecule has 0 aromatic rings. The van der Waals surface area contributed by atoms with Crippen molar-refractivity contribution in [2.75, 3.05) is 6.54 Å². The second-order valence-corrected chi connectivity index (χ2v) is 5.84. The van der Waals surface area contributed by atoms with E-state index in [0.29, 0.717) is 11.8 Å². The lowest BCUT2D eigenvalue weighted by molar-refractivity contribution is 0.615. The third-order valence-corrected chi connectivity index (χ3v) is 4.36. The molecule has 1 nitrogen and oxygen atoms in total. The molecule has 0 spiro atoms. The monoisotopic (exact) mass is 257 g/mol. The van der Waals surface area contributed by atoms with Crippen molar-refractivity contribution in [3.63, 3.8) is 0 Å². The number of aliphatic imine (C=N–C) groups is 1. The van der Waals surface area contributed by atoms with Gasteiger partial charge in [0.1, 0.15) is 0 Å². The fourth-order valence-corrected chi connectivity index (χ4v) is 3.11. The highest BCUT2D eigenvalue weighted by atomic mass is 14.8. The summed E-state index contributed by atoms with van der Waals surface area (Å²) in [4.78, 5) is 4.85. The summed E-state index contributed by atoms with van der Waals surface area (Å²) in [6.07, 6.45) is 11.7. The molecule has 0 saturated heterocycles. The summed E-state index contributed by atoms with van der Waals surface area (Å²) >= 11 is 0. The van der Waals surface area contributed by atoms with Crippen molar-refractivity contribution in [1.29, 1.82) is 0 Å². The van der Waals surface area contributed by atoms with Crippen molar-refractivity contribution >= 4 is 5.71 Å². The van der Waals surface area contributed by atoms with Gasteiger partial charge in [-0.05, 0) is 54.2 Å². The Morgan fingerprint density at radius 1 is 1.42 bits per heavy atom. The average molecular weight is 257 g/mol. The molecule has 0 radical (unpaired) electrons. The molecular weight excluding hydrogens is 230 g/mol. The molecule has 0 fully saturated rings. The van der Waals surface area contributed by atoms with Gasteiger partial charge in [0.25, 0.3) is 0 Å². The second kappa shape index (κ2) is 6.36. The molecule has 2 atom stereocenters. The Morgan fingerprint density at radius 2 is 2.21 bits per heavy atom. The summed E-state index contributed by atoms with van der Waals surface area (Å²) < 4.78 is 0. The zero-order chi connectivity index (χ0) is 13.8. The van der Waals surface area contributed by atoms with Crippen molar-refractivity contribution in [2.24, 2.45) is 16.8 Å². The van der Waals surface area contributed by atoms with Gasteiger partial charge in [-0.25, -0.2) is 0 Å². The molecular formula is C18H27N. The lowest BCUT2D eigenvalue weighted by atomic mass is 9.74. The maximum atomic E-state index is 4.85. The fraction of sp³-hybridized carbons (Fsp3) is 0.611. The average Bonchev–Trinajstić information content (AvgIpc) is 2.43. The summed E-state index contributed by atoms with van der Waals surface area (Å²) in [5.74, 6) is 1.25. The van der Waals surface area contributed by atoms with Crippen LogP contribution < -0.4 is 0 Å². The van der Waals surface area contributed by atoms with Crippen LogP contribution in [-0.2, 0) is 0 Å². The molecule has 0 N–H and O–H groups in total. The first kappa shape index (κ1) is 14.3. The SMILES string of the molecule is CC/C=C\C1=C(C(C)CC)C2=NCCC=C2CC1C. The van der Waals surface area contributed by atoms with Gasteiger partial charge in [0.2, 0.25) is 0 Å². The van der Waals surface area contributed by atoms with Crippen molar-refractivity contribution in [3.8, 4) is 0 Å². The predicted molar refractivity (Wildman–Crippen MR) is 84.7 cm³/mol. The van der Waals surface area contributed by atoms with Crippen LogP contribution in [0.3, 0.4) is 0 Å². The van der Waals surface area contributed by atoms with E-state index in [4.69, 9.17) is 4.99 Å². The first-order valence-corrected chi connectivity index (χ1v) is 7.83. The molecule has 0 aromatic carbocycles. The maximum Gasteiger partial charge on any atom is 0.0640 e. The Labute approximate surface area is 118 Å². The highest BCUT2D eigenvalue weighted by Crippen LogP contribution is 2.38. The first-order valence-electron chi connectivity index (χ1n) is 7.83. The smallest absolute Gasteiger partial charge is 0.0640 e. The zero-order valence-corrected chi connectivity index (χ0v) is 12.9. The minimum atomic E-state index is 0.611. The Bertz CT molecular complexity index is 448. The molecule has 104 valence electrons. The van der Waals surface area contributed by atoms with E-state index in [1.807, 2.05) is 0 Å². The summed E-state index contributed by atoms with van der Waals surface area (Å²) in [6.45, 7) is 10.2. The molecule has 1 heteroatoms. The van der Waals surface area contributed by atoms with E-state index in [9.17, 15) is 0 Å². The molecule has 0 aromatic heterocycles. The van der Waals surface area contributed by atoms with E-state index in [0.717, 1.165) is 19.4 Å². The standard InChI is InChI=1S/C18H27N/c1-5-7-10-16-14(4)12-15-9-8-11-19-18(15)17(16)13(3)6-2/h7,9-10,13-14H,5-6,8,11-12H2,1-4H3/b10-7-.